The van der Waals surface area contributed by atoms with E-state index in [9.17, 15) is 18.0 Å². The summed E-state index contributed by atoms with van der Waals surface area (Å²) >= 11 is 1.21. The molecule has 0 unspecified atom stereocenters. The molecule has 0 heterocycles. The van der Waals surface area contributed by atoms with Crippen LogP contribution in [0, 0.1) is 6.92 Å². The van der Waals surface area contributed by atoms with Crippen LogP contribution in [0.15, 0.2) is 29.2 Å². The molecule has 0 radical (unpaired) electrons. The number of halogens is 3. The highest BCUT2D eigenvalue weighted by molar-refractivity contribution is 8.00. The van der Waals surface area contributed by atoms with E-state index in [1.165, 1.54) is 11.8 Å². The lowest BCUT2D eigenvalue weighted by Crippen LogP contribution is -2.34. The van der Waals surface area contributed by atoms with Crippen LogP contribution in [-0.4, -0.2) is 24.4 Å². The molecule has 0 aliphatic rings. The van der Waals surface area contributed by atoms with E-state index >= 15 is 0 Å². The van der Waals surface area contributed by atoms with Crippen molar-refractivity contribution in [2.45, 2.75) is 18.0 Å². The highest BCUT2D eigenvalue weighted by Gasteiger charge is 2.27. The minimum atomic E-state index is -4.36. The van der Waals surface area contributed by atoms with Gasteiger partial charge in [0.25, 0.3) is 0 Å². The number of amides is 1. The van der Waals surface area contributed by atoms with Crippen molar-refractivity contribution in [1.29, 1.82) is 0 Å². The Labute approximate surface area is 102 Å². The fourth-order valence-corrected chi connectivity index (χ4v) is 1.76. The molecule has 0 aliphatic heterocycles. The molecule has 1 aromatic rings. The van der Waals surface area contributed by atoms with Crippen molar-refractivity contribution in [3.63, 3.8) is 0 Å². The van der Waals surface area contributed by atoms with Gasteiger partial charge in [-0.25, -0.2) is 0 Å². The van der Waals surface area contributed by atoms with Gasteiger partial charge in [0.05, 0.1) is 5.75 Å². The summed E-state index contributed by atoms with van der Waals surface area (Å²) in [4.78, 5) is 12.0. The van der Waals surface area contributed by atoms with Gasteiger partial charge in [-0.15, -0.1) is 11.8 Å². The predicted octanol–water partition coefficient (Wildman–Crippen LogP) is 2.77. The number of thioether (sulfide) groups is 1. The molecular weight excluding hydrogens is 251 g/mol. The van der Waals surface area contributed by atoms with Crippen LogP contribution in [0.25, 0.3) is 0 Å². The summed E-state index contributed by atoms with van der Waals surface area (Å²) in [6.07, 6.45) is -4.36. The zero-order valence-electron chi connectivity index (χ0n) is 9.17. The number of hydrogen-bond acceptors (Lipinski definition) is 2. The Balaban J connectivity index is 2.31. The van der Waals surface area contributed by atoms with Crippen LogP contribution in [0.3, 0.4) is 0 Å². The normalized spacial score (nSPS) is 11.3. The van der Waals surface area contributed by atoms with Crippen LogP contribution in [0.5, 0.6) is 0 Å². The largest absolute Gasteiger partial charge is 0.405 e. The van der Waals surface area contributed by atoms with E-state index in [-0.39, 0.29) is 5.75 Å². The van der Waals surface area contributed by atoms with Crippen LogP contribution >= 0.6 is 11.8 Å². The van der Waals surface area contributed by atoms with E-state index in [1.54, 1.807) is 0 Å². The Bertz CT molecular complexity index is 375. The second-order valence-electron chi connectivity index (χ2n) is 3.49. The van der Waals surface area contributed by atoms with Gasteiger partial charge in [0.1, 0.15) is 6.54 Å². The van der Waals surface area contributed by atoms with Crippen LogP contribution in [0.1, 0.15) is 5.56 Å². The summed E-state index contributed by atoms with van der Waals surface area (Å²) in [5.41, 5.74) is 1.09. The molecule has 6 heteroatoms. The number of nitrogens with one attached hydrogen (secondary N) is 1. The SMILES string of the molecule is Cc1ccc(SCC(=O)NCC(F)(F)F)cc1. The molecule has 17 heavy (non-hydrogen) atoms. The van der Waals surface area contributed by atoms with Crippen molar-refractivity contribution in [1.82, 2.24) is 5.32 Å². The van der Waals surface area contributed by atoms with Crippen molar-refractivity contribution in [3.8, 4) is 0 Å². The second kappa shape index (κ2) is 5.95. The molecule has 94 valence electrons. The molecule has 0 fully saturated rings. The Morgan fingerprint density at radius 3 is 2.41 bits per heavy atom. The monoisotopic (exact) mass is 263 g/mol. The van der Waals surface area contributed by atoms with Crippen molar-refractivity contribution < 1.29 is 18.0 Å². The summed E-state index contributed by atoms with van der Waals surface area (Å²) < 4.78 is 35.4. The summed E-state index contributed by atoms with van der Waals surface area (Å²) in [6.45, 7) is 0.658. The predicted molar refractivity (Wildman–Crippen MR) is 61.0 cm³/mol. The lowest BCUT2D eigenvalue weighted by molar-refractivity contribution is -0.136. The third-order valence-electron chi connectivity index (χ3n) is 1.88. The number of carbonyl (C=O) groups is 1. The van der Waals surface area contributed by atoms with E-state index < -0.39 is 18.6 Å². The van der Waals surface area contributed by atoms with Gasteiger partial charge in [0.15, 0.2) is 0 Å². The molecule has 0 bridgehead atoms. The van der Waals surface area contributed by atoms with Gasteiger partial charge >= 0.3 is 6.18 Å². The minimum Gasteiger partial charge on any atom is -0.346 e. The summed E-state index contributed by atoms with van der Waals surface area (Å²) in [7, 11) is 0. The van der Waals surface area contributed by atoms with Crippen LogP contribution in [0.2, 0.25) is 0 Å². The Morgan fingerprint density at radius 2 is 1.88 bits per heavy atom. The molecule has 0 saturated carbocycles. The highest BCUT2D eigenvalue weighted by Crippen LogP contribution is 2.18. The van der Waals surface area contributed by atoms with E-state index in [0.29, 0.717) is 0 Å². The van der Waals surface area contributed by atoms with E-state index in [0.717, 1.165) is 10.5 Å². The van der Waals surface area contributed by atoms with Crippen LogP contribution < -0.4 is 5.32 Å². The maximum absolute atomic E-state index is 11.8. The average molecular weight is 263 g/mol. The molecule has 1 aromatic carbocycles. The number of alkyl halides is 3. The Hall–Kier alpha value is -1.17. The van der Waals surface area contributed by atoms with Gasteiger partial charge < -0.3 is 5.32 Å². The molecule has 0 atom stereocenters. The summed E-state index contributed by atoms with van der Waals surface area (Å²) in [5, 5.41) is 1.82. The molecule has 0 aromatic heterocycles. The van der Waals surface area contributed by atoms with Gasteiger partial charge in [-0.3, -0.25) is 4.79 Å². The van der Waals surface area contributed by atoms with Crippen molar-refractivity contribution in [3.05, 3.63) is 29.8 Å². The molecule has 2 nitrogen and oxygen atoms in total. The van der Waals surface area contributed by atoms with Gasteiger partial charge in [-0.1, -0.05) is 17.7 Å². The van der Waals surface area contributed by atoms with Crippen LogP contribution in [-0.2, 0) is 4.79 Å². The molecule has 1 amide bonds. The van der Waals surface area contributed by atoms with Gasteiger partial charge in [-0.2, -0.15) is 13.2 Å². The zero-order chi connectivity index (χ0) is 12.9. The van der Waals surface area contributed by atoms with Gasteiger partial charge in [0.2, 0.25) is 5.91 Å². The van der Waals surface area contributed by atoms with Crippen LogP contribution in [0.4, 0.5) is 13.2 Å². The van der Waals surface area contributed by atoms with E-state index in [1.807, 2.05) is 36.5 Å². The van der Waals surface area contributed by atoms with E-state index in [4.69, 9.17) is 0 Å². The molecule has 1 rings (SSSR count). The van der Waals surface area contributed by atoms with Crippen molar-refractivity contribution >= 4 is 17.7 Å². The number of rotatable bonds is 4. The lowest BCUT2D eigenvalue weighted by Gasteiger charge is -2.08. The molecule has 1 N–H and O–H groups in total. The summed E-state index contributed by atoms with van der Waals surface area (Å²) in [6, 6.07) is 7.43. The lowest BCUT2D eigenvalue weighted by atomic mass is 10.2. The quantitative estimate of drug-likeness (QED) is 0.846. The molecular formula is C11H12F3NOS. The first-order valence-electron chi connectivity index (χ1n) is 4.90. The maximum Gasteiger partial charge on any atom is 0.405 e. The van der Waals surface area contributed by atoms with E-state index in [2.05, 4.69) is 0 Å². The first-order chi connectivity index (χ1) is 7.87. The second-order valence-corrected chi connectivity index (χ2v) is 4.54. The van der Waals surface area contributed by atoms with Crippen molar-refractivity contribution in [2.75, 3.05) is 12.3 Å². The van der Waals surface area contributed by atoms with Gasteiger partial charge in [0, 0.05) is 4.90 Å². The average Bonchev–Trinajstić information content (AvgIpc) is 2.25. The van der Waals surface area contributed by atoms with Crippen molar-refractivity contribution in [2.24, 2.45) is 0 Å². The smallest absolute Gasteiger partial charge is 0.346 e. The highest BCUT2D eigenvalue weighted by atomic mass is 32.2. The minimum absolute atomic E-state index is 0.0147. The fraction of sp³-hybridized carbons (Fsp3) is 0.364. The third-order valence-corrected chi connectivity index (χ3v) is 2.89. The number of carbonyl (C=O) groups excluding carboxylic acids is 1. The topological polar surface area (TPSA) is 29.1 Å². The molecule has 0 aliphatic carbocycles. The first-order valence-corrected chi connectivity index (χ1v) is 5.88. The number of aryl methyl sites for hydroxylation is 1. The number of benzene rings is 1. The Morgan fingerprint density at radius 1 is 1.29 bits per heavy atom. The first kappa shape index (κ1) is 13.9. The molecule has 0 spiro atoms. The molecule has 0 saturated heterocycles. The maximum atomic E-state index is 11.8. The number of hydrogen-bond donors (Lipinski definition) is 1. The van der Waals surface area contributed by atoms with Gasteiger partial charge in [-0.05, 0) is 19.1 Å². The fourth-order valence-electron chi connectivity index (χ4n) is 1.03. The summed E-state index contributed by atoms with van der Waals surface area (Å²) in [5.74, 6) is -0.632. The standard InChI is InChI=1S/C11H12F3NOS/c1-8-2-4-9(5-3-8)17-6-10(16)15-7-11(12,13)14/h2-5H,6-7H2,1H3,(H,15,16). The third kappa shape index (κ3) is 6.21. The zero-order valence-corrected chi connectivity index (χ0v) is 9.99. The Kier molecular flexibility index (Phi) is 4.86.